The van der Waals surface area contributed by atoms with Gasteiger partial charge in [0.2, 0.25) is 0 Å². The van der Waals surface area contributed by atoms with Crippen LogP contribution in [0.15, 0.2) is 21.0 Å². The Hall–Kier alpha value is -1.40. The Morgan fingerprint density at radius 1 is 1.41 bits per heavy atom. The summed E-state index contributed by atoms with van der Waals surface area (Å²) in [6.07, 6.45) is 1.75. The summed E-state index contributed by atoms with van der Waals surface area (Å²) in [4.78, 5) is 25.5. The van der Waals surface area contributed by atoms with Crippen molar-refractivity contribution in [2.45, 2.75) is 19.4 Å². The molecular weight excluding hydrogens is 240 g/mol. The highest BCUT2D eigenvalue weighted by molar-refractivity contribution is 7.17. The van der Waals surface area contributed by atoms with E-state index in [0.29, 0.717) is 17.9 Å². The van der Waals surface area contributed by atoms with Gasteiger partial charge in [0, 0.05) is 20.3 Å². The number of fused-ring (bicyclic) bond motifs is 1. The molecule has 0 radical (unpaired) electrons. The standard InChI is InChI=1S/C11H14N2O3S/c1-16-6-3-2-5-13-8-4-7-17-9(8)10(14)12-11(13)15/h4,7H,2-3,5-6H2,1H3,(H,12,14,15). The monoisotopic (exact) mass is 254 g/mol. The number of aromatic nitrogens is 2. The van der Waals surface area contributed by atoms with Crippen LogP contribution in [0, 0.1) is 0 Å². The van der Waals surface area contributed by atoms with E-state index in [2.05, 4.69) is 4.98 Å². The van der Waals surface area contributed by atoms with Crippen molar-refractivity contribution in [2.75, 3.05) is 13.7 Å². The van der Waals surface area contributed by atoms with Crippen molar-refractivity contribution in [3.05, 3.63) is 32.3 Å². The molecule has 0 unspecified atom stereocenters. The highest BCUT2D eigenvalue weighted by Crippen LogP contribution is 2.14. The van der Waals surface area contributed by atoms with Crippen LogP contribution in [0.1, 0.15) is 12.8 Å². The number of unbranched alkanes of at least 4 members (excludes halogenated alkanes) is 1. The number of aryl methyl sites for hydroxylation is 1. The lowest BCUT2D eigenvalue weighted by molar-refractivity contribution is 0.191. The first-order valence-electron chi connectivity index (χ1n) is 5.43. The van der Waals surface area contributed by atoms with Crippen LogP contribution in [-0.2, 0) is 11.3 Å². The minimum Gasteiger partial charge on any atom is -0.385 e. The lowest BCUT2D eigenvalue weighted by Crippen LogP contribution is -2.29. The van der Waals surface area contributed by atoms with Gasteiger partial charge < -0.3 is 4.74 Å². The second kappa shape index (κ2) is 5.29. The Labute approximate surface area is 102 Å². The summed E-state index contributed by atoms with van der Waals surface area (Å²) >= 11 is 1.35. The second-order valence-corrected chi connectivity index (χ2v) is 4.66. The lowest BCUT2D eigenvalue weighted by Gasteiger charge is -2.06. The maximum absolute atomic E-state index is 11.7. The molecule has 2 rings (SSSR count). The van der Waals surface area contributed by atoms with E-state index in [0.717, 1.165) is 18.4 Å². The smallest absolute Gasteiger partial charge is 0.328 e. The lowest BCUT2D eigenvalue weighted by atomic mass is 10.3. The topological polar surface area (TPSA) is 64.1 Å². The number of rotatable bonds is 5. The maximum atomic E-state index is 11.7. The molecule has 0 aliphatic carbocycles. The first kappa shape index (κ1) is 12.1. The average molecular weight is 254 g/mol. The van der Waals surface area contributed by atoms with Gasteiger partial charge in [0.05, 0.1) is 5.52 Å². The molecule has 0 aromatic carbocycles. The fourth-order valence-electron chi connectivity index (χ4n) is 1.75. The molecule has 0 spiro atoms. The highest BCUT2D eigenvalue weighted by Gasteiger charge is 2.07. The van der Waals surface area contributed by atoms with Gasteiger partial charge in [-0.3, -0.25) is 14.3 Å². The Morgan fingerprint density at radius 3 is 3.00 bits per heavy atom. The van der Waals surface area contributed by atoms with Crippen molar-refractivity contribution in [1.29, 1.82) is 0 Å². The number of nitrogens with one attached hydrogen (secondary N) is 1. The van der Waals surface area contributed by atoms with E-state index >= 15 is 0 Å². The number of thiophene rings is 1. The Balaban J connectivity index is 2.30. The van der Waals surface area contributed by atoms with Crippen LogP contribution in [-0.4, -0.2) is 23.3 Å². The minimum atomic E-state index is -0.335. The SMILES string of the molecule is COCCCCn1c(=O)[nH]c(=O)c2sccc21. The van der Waals surface area contributed by atoms with E-state index < -0.39 is 0 Å². The number of methoxy groups -OCH3 is 1. The van der Waals surface area contributed by atoms with Gasteiger partial charge in [0.1, 0.15) is 4.70 Å². The van der Waals surface area contributed by atoms with Crippen molar-refractivity contribution in [3.63, 3.8) is 0 Å². The molecule has 17 heavy (non-hydrogen) atoms. The maximum Gasteiger partial charge on any atom is 0.328 e. The summed E-state index contributed by atoms with van der Waals surface area (Å²) < 4.78 is 7.18. The summed E-state index contributed by atoms with van der Waals surface area (Å²) in [5, 5.41) is 1.82. The zero-order valence-corrected chi connectivity index (χ0v) is 10.4. The van der Waals surface area contributed by atoms with Crippen LogP contribution < -0.4 is 11.2 Å². The number of nitrogens with zero attached hydrogens (tertiary/aromatic N) is 1. The summed E-state index contributed by atoms with van der Waals surface area (Å²) in [7, 11) is 1.66. The van der Waals surface area contributed by atoms with Crippen molar-refractivity contribution >= 4 is 21.6 Å². The van der Waals surface area contributed by atoms with Gasteiger partial charge in [0.25, 0.3) is 5.56 Å². The first-order valence-corrected chi connectivity index (χ1v) is 6.31. The molecule has 0 aliphatic heterocycles. The Kier molecular flexibility index (Phi) is 3.75. The van der Waals surface area contributed by atoms with E-state index in [4.69, 9.17) is 4.74 Å². The average Bonchev–Trinajstić information content (AvgIpc) is 2.77. The molecule has 92 valence electrons. The van der Waals surface area contributed by atoms with E-state index in [1.165, 1.54) is 11.3 Å². The summed E-state index contributed by atoms with van der Waals surface area (Å²) in [5.74, 6) is 0. The second-order valence-electron chi connectivity index (χ2n) is 3.75. The number of H-pyrrole nitrogens is 1. The first-order chi connectivity index (χ1) is 8.24. The molecule has 0 saturated carbocycles. The molecule has 0 bridgehead atoms. The molecule has 2 aromatic rings. The zero-order chi connectivity index (χ0) is 12.3. The van der Waals surface area contributed by atoms with Crippen LogP contribution in [0.3, 0.4) is 0 Å². The third-order valence-corrected chi connectivity index (χ3v) is 3.49. The fraction of sp³-hybridized carbons (Fsp3) is 0.455. The van der Waals surface area contributed by atoms with E-state index in [1.54, 1.807) is 11.7 Å². The van der Waals surface area contributed by atoms with Crippen molar-refractivity contribution in [3.8, 4) is 0 Å². The number of ether oxygens (including phenoxy) is 1. The highest BCUT2D eigenvalue weighted by atomic mass is 32.1. The number of hydrogen-bond donors (Lipinski definition) is 1. The van der Waals surface area contributed by atoms with Gasteiger partial charge in [-0.15, -0.1) is 11.3 Å². The Morgan fingerprint density at radius 2 is 2.24 bits per heavy atom. The molecule has 0 saturated heterocycles. The third-order valence-electron chi connectivity index (χ3n) is 2.59. The van der Waals surface area contributed by atoms with E-state index in [1.807, 2.05) is 11.4 Å². The molecule has 5 nitrogen and oxygen atoms in total. The number of aromatic amines is 1. The van der Waals surface area contributed by atoms with Crippen LogP contribution in [0.25, 0.3) is 10.2 Å². The van der Waals surface area contributed by atoms with Gasteiger partial charge in [0.15, 0.2) is 0 Å². The molecular formula is C11H14N2O3S. The van der Waals surface area contributed by atoms with Crippen LogP contribution in [0.2, 0.25) is 0 Å². The molecule has 6 heteroatoms. The van der Waals surface area contributed by atoms with Crippen molar-refractivity contribution < 1.29 is 4.74 Å². The third kappa shape index (κ3) is 2.48. The van der Waals surface area contributed by atoms with Gasteiger partial charge in [-0.05, 0) is 24.3 Å². The number of hydrogen-bond acceptors (Lipinski definition) is 4. The molecule has 0 amide bonds. The minimum absolute atomic E-state index is 0.298. The van der Waals surface area contributed by atoms with Crippen LogP contribution >= 0.6 is 11.3 Å². The van der Waals surface area contributed by atoms with Gasteiger partial charge in [-0.25, -0.2) is 4.79 Å². The summed E-state index contributed by atoms with van der Waals surface area (Å²) in [6.45, 7) is 1.29. The molecule has 1 N–H and O–H groups in total. The van der Waals surface area contributed by atoms with Gasteiger partial charge >= 0.3 is 5.69 Å². The van der Waals surface area contributed by atoms with Crippen LogP contribution in [0.5, 0.6) is 0 Å². The largest absolute Gasteiger partial charge is 0.385 e. The van der Waals surface area contributed by atoms with Gasteiger partial charge in [-0.1, -0.05) is 0 Å². The molecule has 0 aliphatic rings. The fourth-order valence-corrected chi connectivity index (χ4v) is 2.54. The molecule has 0 fully saturated rings. The van der Waals surface area contributed by atoms with Crippen molar-refractivity contribution in [1.82, 2.24) is 9.55 Å². The predicted octanol–water partition coefficient (Wildman–Crippen LogP) is 1.18. The molecule has 2 aromatic heterocycles. The Bertz CT molecular complexity index is 611. The molecule has 0 atom stereocenters. The van der Waals surface area contributed by atoms with Crippen molar-refractivity contribution in [2.24, 2.45) is 0 Å². The summed E-state index contributed by atoms with van der Waals surface area (Å²) in [6, 6.07) is 1.81. The summed E-state index contributed by atoms with van der Waals surface area (Å²) in [5.41, 5.74) is 0.0904. The van der Waals surface area contributed by atoms with Crippen LogP contribution in [0.4, 0.5) is 0 Å². The quantitative estimate of drug-likeness (QED) is 0.815. The predicted molar refractivity (Wildman–Crippen MR) is 67.8 cm³/mol. The van der Waals surface area contributed by atoms with Gasteiger partial charge in [-0.2, -0.15) is 0 Å². The van der Waals surface area contributed by atoms with E-state index in [9.17, 15) is 9.59 Å². The normalized spacial score (nSPS) is 11.1. The molecule has 2 heterocycles. The van der Waals surface area contributed by atoms with E-state index in [-0.39, 0.29) is 11.2 Å². The zero-order valence-electron chi connectivity index (χ0n) is 9.56.